The van der Waals surface area contributed by atoms with Gasteiger partial charge in [0.1, 0.15) is 11.6 Å². The number of hydrogen-bond donors (Lipinski definition) is 2. The van der Waals surface area contributed by atoms with E-state index < -0.39 is 35.0 Å². The number of nitrogens with one attached hydrogen (secondary N) is 2. The molecule has 0 aliphatic carbocycles. The number of hydrogen-bond acceptors (Lipinski definition) is 4. The molecule has 0 spiro atoms. The van der Waals surface area contributed by atoms with Gasteiger partial charge in [0.15, 0.2) is 5.82 Å². The average molecular weight is 444 g/mol. The molecule has 1 aromatic heterocycles. The van der Waals surface area contributed by atoms with Crippen LogP contribution < -0.4 is 10.1 Å². The Balaban J connectivity index is 1.75. The fourth-order valence-corrected chi connectivity index (χ4v) is 2.60. The predicted molar refractivity (Wildman–Crippen MR) is 96.0 cm³/mol. The van der Waals surface area contributed by atoms with Crippen LogP contribution in [-0.2, 0) is 18.9 Å². The molecule has 3 rings (SSSR count). The van der Waals surface area contributed by atoms with E-state index in [1.807, 2.05) is 0 Å². The first-order valence-corrected chi connectivity index (χ1v) is 8.61. The summed E-state index contributed by atoms with van der Waals surface area (Å²) in [5.74, 6) is -0.0717. The second kappa shape index (κ2) is 8.28. The summed E-state index contributed by atoms with van der Waals surface area (Å²) in [5.41, 5.74) is -3.30. The van der Waals surface area contributed by atoms with Gasteiger partial charge in [-0.3, -0.25) is 9.89 Å². The lowest BCUT2D eigenvalue weighted by molar-refractivity contribution is -0.143. The van der Waals surface area contributed by atoms with Crippen molar-refractivity contribution in [1.29, 1.82) is 0 Å². The van der Waals surface area contributed by atoms with E-state index in [2.05, 4.69) is 20.5 Å². The molecule has 2 N–H and O–H groups in total. The first-order chi connectivity index (χ1) is 14.5. The minimum absolute atomic E-state index is 0.0473. The van der Waals surface area contributed by atoms with Crippen molar-refractivity contribution >= 4 is 5.91 Å². The molecule has 0 radical (unpaired) electrons. The topological polar surface area (TPSA) is 79.9 Å². The van der Waals surface area contributed by atoms with Gasteiger partial charge in [0, 0.05) is 11.1 Å². The number of alkyl halides is 6. The lowest BCUT2D eigenvalue weighted by Crippen LogP contribution is -2.24. The predicted octanol–water partition coefficient (Wildman–Crippen LogP) is 4.45. The Morgan fingerprint density at radius 2 is 1.58 bits per heavy atom. The molecule has 0 bridgehead atoms. The van der Waals surface area contributed by atoms with E-state index in [4.69, 9.17) is 4.74 Å². The molecular formula is C19H14F6N4O2. The number of aromatic nitrogens is 3. The highest BCUT2D eigenvalue weighted by Crippen LogP contribution is 2.36. The Bertz CT molecular complexity index is 1040. The van der Waals surface area contributed by atoms with Crippen molar-refractivity contribution in [2.24, 2.45) is 0 Å². The molecule has 31 heavy (non-hydrogen) atoms. The fourth-order valence-electron chi connectivity index (χ4n) is 2.60. The van der Waals surface area contributed by atoms with Gasteiger partial charge in [-0.15, -0.1) is 0 Å². The number of benzene rings is 2. The molecule has 3 aromatic rings. The normalized spacial score (nSPS) is 12.0. The molecule has 164 valence electrons. The number of amides is 1. The maximum Gasteiger partial charge on any atom is 0.416 e. The first-order valence-electron chi connectivity index (χ1n) is 8.61. The number of ether oxygens (including phenoxy) is 1. The quantitative estimate of drug-likeness (QED) is 0.570. The lowest BCUT2D eigenvalue weighted by atomic mass is 10.0. The molecule has 1 heterocycles. The Morgan fingerprint density at radius 1 is 1.00 bits per heavy atom. The average Bonchev–Trinajstić information content (AvgIpc) is 3.19. The summed E-state index contributed by atoms with van der Waals surface area (Å²) in [6.07, 6.45) is -10.1. The Morgan fingerprint density at radius 3 is 2.10 bits per heavy atom. The van der Waals surface area contributed by atoms with Crippen molar-refractivity contribution in [3.63, 3.8) is 0 Å². The number of methoxy groups -OCH3 is 1. The van der Waals surface area contributed by atoms with E-state index in [9.17, 15) is 31.1 Å². The molecule has 1 amide bonds. The molecule has 0 saturated heterocycles. The van der Waals surface area contributed by atoms with Crippen LogP contribution in [0.3, 0.4) is 0 Å². The molecule has 2 aromatic carbocycles. The summed E-state index contributed by atoms with van der Waals surface area (Å²) in [5, 5.41) is 8.73. The summed E-state index contributed by atoms with van der Waals surface area (Å²) < 4.78 is 82.6. The minimum atomic E-state index is -5.05. The van der Waals surface area contributed by atoms with Crippen LogP contribution in [0, 0.1) is 0 Å². The van der Waals surface area contributed by atoms with Gasteiger partial charge in [-0.2, -0.15) is 31.4 Å². The highest BCUT2D eigenvalue weighted by molar-refractivity contribution is 5.94. The zero-order chi connectivity index (χ0) is 22.8. The maximum atomic E-state index is 12.9. The maximum absolute atomic E-state index is 12.9. The van der Waals surface area contributed by atoms with Crippen molar-refractivity contribution in [2.75, 3.05) is 7.11 Å². The second-order valence-corrected chi connectivity index (χ2v) is 6.31. The molecule has 0 aliphatic rings. The van der Waals surface area contributed by atoms with Crippen molar-refractivity contribution in [3.8, 4) is 17.1 Å². The molecule has 0 fully saturated rings. The third kappa shape index (κ3) is 5.32. The van der Waals surface area contributed by atoms with Crippen LogP contribution in [0.2, 0.25) is 0 Å². The Kier molecular flexibility index (Phi) is 5.91. The van der Waals surface area contributed by atoms with Gasteiger partial charge < -0.3 is 10.1 Å². The molecule has 6 nitrogen and oxygen atoms in total. The number of halogens is 6. The highest BCUT2D eigenvalue weighted by atomic mass is 19.4. The molecule has 12 heteroatoms. The number of rotatable bonds is 5. The number of H-pyrrole nitrogens is 1. The highest BCUT2D eigenvalue weighted by Gasteiger charge is 2.37. The van der Waals surface area contributed by atoms with Crippen molar-refractivity contribution in [3.05, 3.63) is 65.0 Å². The minimum Gasteiger partial charge on any atom is -0.497 e. The van der Waals surface area contributed by atoms with E-state index in [0.717, 1.165) is 0 Å². The van der Waals surface area contributed by atoms with Gasteiger partial charge in [-0.05, 0) is 42.5 Å². The summed E-state index contributed by atoms with van der Waals surface area (Å²) >= 11 is 0. The largest absolute Gasteiger partial charge is 0.497 e. The third-order valence-electron chi connectivity index (χ3n) is 4.15. The van der Waals surface area contributed by atoms with Gasteiger partial charge in [-0.25, -0.2) is 4.98 Å². The number of carbonyl (C=O) groups is 1. The SMILES string of the molecule is COc1ccc(-c2n[nH]c(CNC(=O)c3cc(C(F)(F)F)cc(C(F)(F)F)c3)n2)cc1. The van der Waals surface area contributed by atoms with E-state index >= 15 is 0 Å². The molecule has 0 aliphatic heterocycles. The summed E-state index contributed by atoms with van der Waals surface area (Å²) in [4.78, 5) is 16.3. The first kappa shape index (κ1) is 22.1. The third-order valence-corrected chi connectivity index (χ3v) is 4.15. The van der Waals surface area contributed by atoms with Crippen molar-refractivity contribution in [1.82, 2.24) is 20.5 Å². The number of aromatic amines is 1. The van der Waals surface area contributed by atoms with Crippen molar-refractivity contribution < 1.29 is 35.9 Å². The van der Waals surface area contributed by atoms with Gasteiger partial charge >= 0.3 is 12.4 Å². The van der Waals surface area contributed by atoms with Crippen molar-refractivity contribution in [2.45, 2.75) is 18.9 Å². The van der Waals surface area contributed by atoms with E-state index in [0.29, 0.717) is 23.4 Å². The molecule has 0 unspecified atom stereocenters. The van der Waals surface area contributed by atoms with E-state index in [-0.39, 0.29) is 24.3 Å². The van der Waals surface area contributed by atoms with E-state index in [1.165, 1.54) is 7.11 Å². The van der Waals surface area contributed by atoms with Crippen LogP contribution in [0.1, 0.15) is 27.3 Å². The zero-order valence-corrected chi connectivity index (χ0v) is 15.7. The van der Waals surface area contributed by atoms with Gasteiger partial charge in [0.2, 0.25) is 0 Å². The van der Waals surface area contributed by atoms with Gasteiger partial charge in [0.25, 0.3) is 5.91 Å². The Hall–Kier alpha value is -3.57. The van der Waals surface area contributed by atoms with Gasteiger partial charge in [0.05, 0.1) is 24.8 Å². The summed E-state index contributed by atoms with van der Waals surface area (Å²) in [7, 11) is 1.50. The second-order valence-electron chi connectivity index (χ2n) is 6.31. The van der Waals surface area contributed by atoms with Crippen LogP contribution in [0.4, 0.5) is 26.3 Å². The van der Waals surface area contributed by atoms with Crippen LogP contribution in [-0.4, -0.2) is 28.2 Å². The van der Waals surface area contributed by atoms with Crippen LogP contribution >= 0.6 is 0 Å². The van der Waals surface area contributed by atoms with Gasteiger partial charge in [-0.1, -0.05) is 0 Å². The lowest BCUT2D eigenvalue weighted by Gasteiger charge is -2.14. The standard InChI is InChI=1S/C19H14F6N4O2/c1-31-14-4-2-10(3-5-14)16-27-15(28-29-16)9-26-17(30)11-6-12(18(20,21)22)8-13(7-11)19(23,24)25/h2-8H,9H2,1H3,(H,26,30)(H,27,28,29). The number of carbonyl (C=O) groups excluding carboxylic acids is 1. The van der Waals surface area contributed by atoms with Crippen LogP contribution in [0.15, 0.2) is 42.5 Å². The monoisotopic (exact) mass is 444 g/mol. The van der Waals surface area contributed by atoms with Crippen LogP contribution in [0.25, 0.3) is 11.4 Å². The summed E-state index contributed by atoms with van der Waals surface area (Å²) in [6.45, 7) is -0.292. The zero-order valence-electron chi connectivity index (χ0n) is 15.7. The van der Waals surface area contributed by atoms with E-state index in [1.54, 1.807) is 24.3 Å². The fraction of sp³-hybridized carbons (Fsp3) is 0.211. The van der Waals surface area contributed by atoms with Crippen LogP contribution in [0.5, 0.6) is 5.75 Å². The smallest absolute Gasteiger partial charge is 0.416 e. The Labute approximate surface area is 171 Å². The molecule has 0 saturated carbocycles. The number of nitrogens with zero attached hydrogens (tertiary/aromatic N) is 2. The molecular weight excluding hydrogens is 430 g/mol. The molecule has 0 atom stereocenters. The summed E-state index contributed by atoms with van der Waals surface area (Å²) in [6, 6.07) is 7.39.